The van der Waals surface area contributed by atoms with Gasteiger partial charge in [-0.05, 0) is 54.1 Å². The van der Waals surface area contributed by atoms with E-state index in [1.807, 2.05) is 12.1 Å². The molecular weight excluding hydrogens is 284 g/mol. The van der Waals surface area contributed by atoms with Gasteiger partial charge in [-0.3, -0.25) is 0 Å². The molecule has 3 rings (SSSR count). The summed E-state index contributed by atoms with van der Waals surface area (Å²) in [7, 11) is 0. The van der Waals surface area contributed by atoms with Gasteiger partial charge in [0.1, 0.15) is 23.2 Å². The van der Waals surface area contributed by atoms with Crippen LogP contribution in [0.5, 0.6) is 0 Å². The summed E-state index contributed by atoms with van der Waals surface area (Å²) in [6.07, 6.45) is 0. The number of halogens is 2. The van der Waals surface area contributed by atoms with Crippen molar-refractivity contribution in [2.24, 2.45) is 0 Å². The Morgan fingerprint density at radius 3 is 2.05 bits per heavy atom. The van der Waals surface area contributed by atoms with Crippen molar-refractivity contribution in [1.29, 1.82) is 0 Å². The lowest BCUT2D eigenvalue weighted by Crippen LogP contribution is -2.11. The van der Waals surface area contributed by atoms with Crippen LogP contribution < -0.4 is 5.32 Å². The SMILES string of the molecule is Fc1ccc(CNCc2ccc(-c3ccc(F)cc3)o2)cc1. The molecule has 0 aliphatic rings. The Hall–Kier alpha value is -2.46. The molecule has 1 N–H and O–H groups in total. The molecule has 0 saturated heterocycles. The van der Waals surface area contributed by atoms with E-state index in [-0.39, 0.29) is 11.6 Å². The van der Waals surface area contributed by atoms with E-state index in [0.29, 0.717) is 18.8 Å². The van der Waals surface area contributed by atoms with E-state index < -0.39 is 0 Å². The molecule has 0 radical (unpaired) electrons. The average molecular weight is 299 g/mol. The molecular formula is C18H15F2NO. The number of hydrogen-bond acceptors (Lipinski definition) is 2. The molecule has 0 fully saturated rings. The molecule has 0 aliphatic heterocycles. The predicted octanol–water partition coefficient (Wildman–Crippen LogP) is 4.51. The van der Waals surface area contributed by atoms with Gasteiger partial charge >= 0.3 is 0 Å². The van der Waals surface area contributed by atoms with E-state index in [2.05, 4.69) is 5.32 Å². The highest BCUT2D eigenvalue weighted by Gasteiger charge is 2.05. The van der Waals surface area contributed by atoms with E-state index in [4.69, 9.17) is 4.42 Å². The Labute approximate surface area is 127 Å². The van der Waals surface area contributed by atoms with E-state index >= 15 is 0 Å². The number of hydrogen-bond donors (Lipinski definition) is 1. The molecule has 0 bridgehead atoms. The fourth-order valence-corrected chi connectivity index (χ4v) is 2.17. The third kappa shape index (κ3) is 3.59. The van der Waals surface area contributed by atoms with Gasteiger partial charge in [0.25, 0.3) is 0 Å². The van der Waals surface area contributed by atoms with Crippen molar-refractivity contribution in [3.05, 3.63) is 83.6 Å². The van der Waals surface area contributed by atoms with Gasteiger partial charge in [-0.15, -0.1) is 0 Å². The maximum Gasteiger partial charge on any atom is 0.134 e. The first-order valence-electron chi connectivity index (χ1n) is 7.00. The van der Waals surface area contributed by atoms with Gasteiger partial charge in [-0.1, -0.05) is 12.1 Å². The number of benzene rings is 2. The Kier molecular flexibility index (Phi) is 4.30. The smallest absolute Gasteiger partial charge is 0.134 e. The first-order valence-corrected chi connectivity index (χ1v) is 7.00. The molecule has 4 heteroatoms. The van der Waals surface area contributed by atoms with Crippen molar-refractivity contribution in [2.45, 2.75) is 13.1 Å². The molecule has 22 heavy (non-hydrogen) atoms. The van der Waals surface area contributed by atoms with Crippen molar-refractivity contribution in [3.8, 4) is 11.3 Å². The van der Waals surface area contributed by atoms with Crippen molar-refractivity contribution in [1.82, 2.24) is 5.32 Å². The Bertz CT molecular complexity index is 733. The van der Waals surface area contributed by atoms with Gasteiger partial charge < -0.3 is 9.73 Å². The lowest BCUT2D eigenvalue weighted by Gasteiger charge is -2.03. The third-order valence-corrected chi connectivity index (χ3v) is 3.33. The largest absolute Gasteiger partial charge is 0.460 e. The summed E-state index contributed by atoms with van der Waals surface area (Å²) in [5.74, 6) is 0.996. The second-order valence-electron chi connectivity index (χ2n) is 5.00. The summed E-state index contributed by atoms with van der Waals surface area (Å²) in [5.41, 5.74) is 1.85. The fourth-order valence-electron chi connectivity index (χ4n) is 2.17. The van der Waals surface area contributed by atoms with Crippen LogP contribution in [0, 0.1) is 11.6 Å². The lowest BCUT2D eigenvalue weighted by atomic mass is 10.2. The predicted molar refractivity (Wildman–Crippen MR) is 81.0 cm³/mol. The molecule has 0 aliphatic carbocycles. The summed E-state index contributed by atoms with van der Waals surface area (Å²) in [6, 6.07) is 16.3. The zero-order valence-electron chi connectivity index (χ0n) is 11.9. The second kappa shape index (κ2) is 6.54. The molecule has 1 heterocycles. The highest BCUT2D eigenvalue weighted by molar-refractivity contribution is 5.57. The van der Waals surface area contributed by atoms with Gasteiger partial charge in [-0.2, -0.15) is 0 Å². The molecule has 1 aromatic heterocycles. The quantitative estimate of drug-likeness (QED) is 0.749. The summed E-state index contributed by atoms with van der Waals surface area (Å²) < 4.78 is 31.4. The minimum Gasteiger partial charge on any atom is -0.460 e. The first-order chi connectivity index (χ1) is 10.7. The molecule has 0 atom stereocenters. The number of rotatable bonds is 5. The standard InChI is InChI=1S/C18H15F2NO/c19-15-5-1-13(2-6-15)11-21-12-17-9-10-18(22-17)14-3-7-16(20)8-4-14/h1-10,21H,11-12H2. The van der Waals surface area contributed by atoms with E-state index in [1.54, 1.807) is 24.3 Å². The Morgan fingerprint density at radius 2 is 1.36 bits per heavy atom. The summed E-state index contributed by atoms with van der Waals surface area (Å²) in [4.78, 5) is 0. The molecule has 0 unspecified atom stereocenters. The molecule has 0 saturated carbocycles. The van der Waals surface area contributed by atoms with E-state index in [1.165, 1.54) is 24.3 Å². The van der Waals surface area contributed by atoms with Crippen molar-refractivity contribution in [3.63, 3.8) is 0 Å². The van der Waals surface area contributed by atoms with Gasteiger partial charge in [0.2, 0.25) is 0 Å². The summed E-state index contributed by atoms with van der Waals surface area (Å²) >= 11 is 0. The van der Waals surface area contributed by atoms with Crippen LogP contribution in [0.3, 0.4) is 0 Å². The zero-order valence-corrected chi connectivity index (χ0v) is 11.9. The lowest BCUT2D eigenvalue weighted by molar-refractivity contribution is 0.493. The first kappa shape index (κ1) is 14.5. The maximum atomic E-state index is 12.9. The van der Waals surface area contributed by atoms with Crippen LogP contribution in [0.15, 0.2) is 65.1 Å². The summed E-state index contributed by atoms with van der Waals surface area (Å²) in [5, 5.41) is 3.24. The monoisotopic (exact) mass is 299 g/mol. The number of furan rings is 1. The second-order valence-corrected chi connectivity index (χ2v) is 5.00. The van der Waals surface area contributed by atoms with Crippen LogP contribution in [0.25, 0.3) is 11.3 Å². The van der Waals surface area contributed by atoms with Crippen molar-refractivity contribution >= 4 is 0 Å². The van der Waals surface area contributed by atoms with E-state index in [9.17, 15) is 8.78 Å². The van der Waals surface area contributed by atoms with Crippen LogP contribution >= 0.6 is 0 Å². The van der Waals surface area contributed by atoms with Gasteiger partial charge in [0, 0.05) is 12.1 Å². The molecule has 112 valence electrons. The fraction of sp³-hybridized carbons (Fsp3) is 0.111. The number of nitrogens with one attached hydrogen (secondary N) is 1. The third-order valence-electron chi connectivity index (χ3n) is 3.33. The molecule has 0 spiro atoms. The molecule has 2 aromatic carbocycles. The van der Waals surface area contributed by atoms with Crippen LogP contribution in [-0.2, 0) is 13.1 Å². The molecule has 3 aromatic rings. The normalized spacial score (nSPS) is 10.8. The van der Waals surface area contributed by atoms with Gasteiger partial charge in [0.05, 0.1) is 6.54 Å². The van der Waals surface area contributed by atoms with E-state index in [0.717, 1.165) is 16.9 Å². The highest BCUT2D eigenvalue weighted by atomic mass is 19.1. The van der Waals surface area contributed by atoms with Crippen molar-refractivity contribution < 1.29 is 13.2 Å². The van der Waals surface area contributed by atoms with Crippen LogP contribution in [0.4, 0.5) is 8.78 Å². The van der Waals surface area contributed by atoms with Gasteiger partial charge in [-0.25, -0.2) is 8.78 Å². The highest BCUT2D eigenvalue weighted by Crippen LogP contribution is 2.22. The topological polar surface area (TPSA) is 25.2 Å². The zero-order chi connectivity index (χ0) is 15.4. The molecule has 0 amide bonds. The molecule has 2 nitrogen and oxygen atoms in total. The minimum atomic E-state index is -0.267. The summed E-state index contributed by atoms with van der Waals surface area (Å²) in [6.45, 7) is 1.20. The Morgan fingerprint density at radius 1 is 0.727 bits per heavy atom. The van der Waals surface area contributed by atoms with Crippen LogP contribution in [-0.4, -0.2) is 0 Å². The minimum absolute atomic E-state index is 0.237. The van der Waals surface area contributed by atoms with Gasteiger partial charge in [0.15, 0.2) is 0 Å². The van der Waals surface area contributed by atoms with Crippen LogP contribution in [0.1, 0.15) is 11.3 Å². The maximum absolute atomic E-state index is 12.9. The van der Waals surface area contributed by atoms with Crippen molar-refractivity contribution in [2.75, 3.05) is 0 Å². The Balaban J connectivity index is 1.57. The average Bonchev–Trinajstić information content (AvgIpc) is 2.99. The van der Waals surface area contributed by atoms with Crippen LogP contribution in [0.2, 0.25) is 0 Å².